The quantitative estimate of drug-likeness (QED) is 0.610. The normalized spacial score (nSPS) is 13.7. The van der Waals surface area contributed by atoms with Crippen molar-refractivity contribution in [2.45, 2.75) is 32.7 Å². The molecule has 1 unspecified atom stereocenters. The second-order valence-electron chi connectivity index (χ2n) is 2.78. The van der Waals surface area contributed by atoms with E-state index >= 15 is 0 Å². The van der Waals surface area contributed by atoms with Crippen molar-refractivity contribution in [1.29, 1.82) is 0 Å². The van der Waals surface area contributed by atoms with E-state index in [2.05, 4.69) is 12.2 Å². The minimum atomic E-state index is 0.127. The van der Waals surface area contributed by atoms with Crippen molar-refractivity contribution < 1.29 is 4.79 Å². The minimum absolute atomic E-state index is 0.127. The van der Waals surface area contributed by atoms with Gasteiger partial charge in [0.2, 0.25) is 0 Å². The highest BCUT2D eigenvalue weighted by atomic mass is 16.1. The molecule has 0 aromatic rings. The molecule has 0 radical (unpaired) electrons. The molecule has 0 aliphatic carbocycles. The van der Waals surface area contributed by atoms with E-state index in [0.29, 0.717) is 6.04 Å². The largest absolute Gasteiger partial charge is 0.317 e. The number of hydrogen-bond donors (Lipinski definition) is 1. The fraction of sp³-hybridized carbons (Fsp3) is 0.667. The number of carbonyl (C=O) groups excluding carboxylic acids is 1. The van der Waals surface area contributed by atoms with Gasteiger partial charge in [-0.3, -0.25) is 4.79 Å². The summed E-state index contributed by atoms with van der Waals surface area (Å²) in [7, 11) is 1.94. The van der Waals surface area contributed by atoms with Crippen LogP contribution < -0.4 is 5.32 Å². The summed E-state index contributed by atoms with van der Waals surface area (Å²) in [5.41, 5.74) is 0. The average molecular weight is 155 g/mol. The van der Waals surface area contributed by atoms with Crippen LogP contribution in [0.25, 0.3) is 0 Å². The van der Waals surface area contributed by atoms with Gasteiger partial charge >= 0.3 is 0 Å². The SMILES string of the molecule is CNC(C)CC/C=C/C(C)=O. The van der Waals surface area contributed by atoms with Crippen LogP contribution >= 0.6 is 0 Å². The van der Waals surface area contributed by atoms with Gasteiger partial charge in [0, 0.05) is 6.04 Å². The van der Waals surface area contributed by atoms with Crippen molar-refractivity contribution in [2.24, 2.45) is 0 Å². The summed E-state index contributed by atoms with van der Waals surface area (Å²) in [4.78, 5) is 10.5. The summed E-state index contributed by atoms with van der Waals surface area (Å²) < 4.78 is 0. The molecular formula is C9H17NO. The van der Waals surface area contributed by atoms with Crippen LogP contribution in [0.15, 0.2) is 12.2 Å². The van der Waals surface area contributed by atoms with Gasteiger partial charge in [-0.25, -0.2) is 0 Å². The molecule has 0 bridgehead atoms. The maximum absolute atomic E-state index is 10.5. The van der Waals surface area contributed by atoms with Crippen LogP contribution in [0.2, 0.25) is 0 Å². The van der Waals surface area contributed by atoms with Gasteiger partial charge < -0.3 is 5.32 Å². The Morgan fingerprint density at radius 3 is 2.73 bits per heavy atom. The van der Waals surface area contributed by atoms with Crippen LogP contribution in [0.5, 0.6) is 0 Å². The van der Waals surface area contributed by atoms with Gasteiger partial charge in [0.25, 0.3) is 0 Å². The lowest BCUT2D eigenvalue weighted by molar-refractivity contribution is -0.112. The summed E-state index contributed by atoms with van der Waals surface area (Å²) in [6, 6.07) is 0.534. The van der Waals surface area contributed by atoms with Crippen LogP contribution in [-0.2, 0) is 4.79 Å². The molecule has 2 nitrogen and oxygen atoms in total. The Balaban J connectivity index is 3.33. The van der Waals surface area contributed by atoms with Crippen molar-refractivity contribution in [3.8, 4) is 0 Å². The lowest BCUT2D eigenvalue weighted by atomic mass is 10.2. The predicted molar refractivity (Wildman–Crippen MR) is 47.6 cm³/mol. The highest BCUT2D eigenvalue weighted by Crippen LogP contribution is 1.96. The third kappa shape index (κ3) is 7.26. The molecule has 0 rings (SSSR count). The Morgan fingerprint density at radius 2 is 2.27 bits per heavy atom. The summed E-state index contributed by atoms with van der Waals surface area (Å²) in [6.07, 6.45) is 5.61. The zero-order chi connectivity index (χ0) is 8.69. The first kappa shape index (κ1) is 10.4. The zero-order valence-corrected chi connectivity index (χ0v) is 7.55. The third-order valence-electron chi connectivity index (χ3n) is 1.61. The zero-order valence-electron chi connectivity index (χ0n) is 7.55. The van der Waals surface area contributed by atoms with E-state index in [9.17, 15) is 4.79 Å². The van der Waals surface area contributed by atoms with Crippen LogP contribution in [-0.4, -0.2) is 18.9 Å². The van der Waals surface area contributed by atoms with Crippen molar-refractivity contribution in [3.63, 3.8) is 0 Å². The Labute approximate surface area is 68.7 Å². The summed E-state index contributed by atoms with van der Waals surface area (Å²) >= 11 is 0. The molecule has 1 N–H and O–H groups in total. The molecule has 11 heavy (non-hydrogen) atoms. The lowest BCUT2D eigenvalue weighted by Crippen LogP contribution is -2.20. The van der Waals surface area contributed by atoms with Crippen LogP contribution in [0.3, 0.4) is 0 Å². The van der Waals surface area contributed by atoms with Crippen molar-refractivity contribution in [2.75, 3.05) is 7.05 Å². The molecule has 64 valence electrons. The lowest BCUT2D eigenvalue weighted by Gasteiger charge is -2.06. The number of allylic oxidation sites excluding steroid dienone is 2. The van der Waals surface area contributed by atoms with E-state index in [1.165, 1.54) is 0 Å². The summed E-state index contributed by atoms with van der Waals surface area (Å²) in [5.74, 6) is 0.127. The first-order valence-corrected chi connectivity index (χ1v) is 4.01. The summed E-state index contributed by atoms with van der Waals surface area (Å²) in [5, 5.41) is 3.13. The van der Waals surface area contributed by atoms with Crippen molar-refractivity contribution >= 4 is 5.78 Å². The topological polar surface area (TPSA) is 29.1 Å². The molecule has 0 aliphatic rings. The molecular weight excluding hydrogens is 138 g/mol. The number of rotatable bonds is 5. The molecule has 0 aromatic carbocycles. The van der Waals surface area contributed by atoms with Crippen LogP contribution in [0.4, 0.5) is 0 Å². The first-order valence-electron chi connectivity index (χ1n) is 4.01. The van der Waals surface area contributed by atoms with E-state index in [4.69, 9.17) is 0 Å². The molecule has 0 fully saturated rings. The smallest absolute Gasteiger partial charge is 0.152 e. The molecule has 0 saturated carbocycles. The monoisotopic (exact) mass is 155 g/mol. The van der Waals surface area contributed by atoms with Crippen LogP contribution in [0.1, 0.15) is 26.7 Å². The number of ketones is 1. The Hall–Kier alpha value is -0.630. The Kier molecular flexibility index (Phi) is 5.75. The van der Waals surface area contributed by atoms with Crippen molar-refractivity contribution in [3.05, 3.63) is 12.2 Å². The van der Waals surface area contributed by atoms with Gasteiger partial charge in [-0.15, -0.1) is 0 Å². The second-order valence-corrected chi connectivity index (χ2v) is 2.78. The highest BCUT2D eigenvalue weighted by molar-refractivity contribution is 5.87. The fourth-order valence-electron chi connectivity index (χ4n) is 0.740. The van der Waals surface area contributed by atoms with Gasteiger partial charge in [-0.1, -0.05) is 6.08 Å². The van der Waals surface area contributed by atoms with E-state index in [0.717, 1.165) is 12.8 Å². The fourth-order valence-corrected chi connectivity index (χ4v) is 0.740. The van der Waals surface area contributed by atoms with Gasteiger partial charge in [0.05, 0.1) is 0 Å². The molecule has 0 saturated heterocycles. The minimum Gasteiger partial charge on any atom is -0.317 e. The maximum atomic E-state index is 10.5. The molecule has 0 aromatic heterocycles. The summed E-state index contributed by atoms with van der Waals surface area (Å²) in [6.45, 7) is 3.69. The van der Waals surface area contributed by atoms with E-state index in [1.807, 2.05) is 13.1 Å². The number of carbonyl (C=O) groups is 1. The molecule has 2 heteroatoms. The van der Waals surface area contributed by atoms with Gasteiger partial charge in [0.1, 0.15) is 0 Å². The Morgan fingerprint density at radius 1 is 1.64 bits per heavy atom. The van der Waals surface area contributed by atoms with Gasteiger partial charge in [0.15, 0.2) is 5.78 Å². The number of nitrogens with one attached hydrogen (secondary N) is 1. The third-order valence-corrected chi connectivity index (χ3v) is 1.61. The molecule has 0 aliphatic heterocycles. The highest BCUT2D eigenvalue weighted by Gasteiger charge is 1.93. The molecule has 0 amide bonds. The van der Waals surface area contributed by atoms with E-state index in [1.54, 1.807) is 13.0 Å². The maximum Gasteiger partial charge on any atom is 0.152 e. The predicted octanol–water partition coefficient (Wildman–Crippen LogP) is 1.52. The van der Waals surface area contributed by atoms with E-state index < -0.39 is 0 Å². The van der Waals surface area contributed by atoms with Gasteiger partial charge in [-0.2, -0.15) is 0 Å². The number of hydrogen-bond acceptors (Lipinski definition) is 2. The molecule has 0 heterocycles. The van der Waals surface area contributed by atoms with Crippen molar-refractivity contribution in [1.82, 2.24) is 5.32 Å². The standard InChI is InChI=1S/C9H17NO/c1-8(10-3)6-4-5-7-9(2)11/h5,7-8,10H,4,6H2,1-3H3/b7-5+. The Bertz CT molecular complexity index is 140. The molecule has 0 spiro atoms. The second kappa shape index (κ2) is 6.10. The molecule has 1 atom stereocenters. The van der Waals surface area contributed by atoms with Crippen LogP contribution in [0, 0.1) is 0 Å². The van der Waals surface area contributed by atoms with Gasteiger partial charge in [-0.05, 0) is 39.8 Å². The van der Waals surface area contributed by atoms with E-state index in [-0.39, 0.29) is 5.78 Å². The average Bonchev–Trinajstić information content (AvgIpc) is 1.97. The first-order chi connectivity index (χ1) is 5.16.